The molecule has 172 valence electrons. The summed E-state index contributed by atoms with van der Waals surface area (Å²) in [6.07, 6.45) is -2.33. The van der Waals surface area contributed by atoms with Gasteiger partial charge in [0.05, 0.1) is 36.4 Å². The summed E-state index contributed by atoms with van der Waals surface area (Å²) in [5, 5.41) is 3.39. The van der Waals surface area contributed by atoms with Crippen LogP contribution in [0.15, 0.2) is 53.7 Å². The summed E-state index contributed by atoms with van der Waals surface area (Å²) < 4.78 is 35.4. The average Bonchev–Trinajstić information content (AvgIpc) is 2.83. The first kappa shape index (κ1) is 25.1. The Morgan fingerprint density at radius 1 is 0.938 bits per heavy atom. The van der Waals surface area contributed by atoms with Crippen molar-refractivity contribution in [2.24, 2.45) is 5.16 Å². The summed E-state index contributed by atoms with van der Waals surface area (Å²) in [4.78, 5) is 28.4. The van der Waals surface area contributed by atoms with Gasteiger partial charge in [0.1, 0.15) is 25.2 Å². The smallest absolute Gasteiger partial charge is 0.338 e. The molecule has 0 saturated carbocycles. The van der Waals surface area contributed by atoms with E-state index >= 15 is 0 Å². The number of methoxy groups -OCH3 is 2. The minimum absolute atomic E-state index is 0.196. The van der Waals surface area contributed by atoms with Crippen LogP contribution in [0.1, 0.15) is 20.7 Å². The topological polar surface area (TPSA) is 92.7 Å². The van der Waals surface area contributed by atoms with Crippen LogP contribution in [0.2, 0.25) is 0 Å². The Balaban J connectivity index is 2.07. The molecular formula is C22H23BrFNO7. The van der Waals surface area contributed by atoms with Crippen molar-refractivity contribution in [2.75, 3.05) is 27.9 Å². The summed E-state index contributed by atoms with van der Waals surface area (Å²) in [7, 11) is 4.26. The first-order chi connectivity index (χ1) is 15.4. The Hall–Kier alpha value is -3.14. The van der Waals surface area contributed by atoms with E-state index in [-0.39, 0.29) is 17.7 Å². The van der Waals surface area contributed by atoms with Gasteiger partial charge in [-0.25, -0.2) is 14.0 Å². The van der Waals surface area contributed by atoms with E-state index in [9.17, 15) is 14.0 Å². The number of hydrogen-bond acceptors (Lipinski definition) is 8. The molecule has 2 aromatic rings. The van der Waals surface area contributed by atoms with Gasteiger partial charge in [0, 0.05) is 0 Å². The normalized spacial score (nSPS) is 13.7. The summed E-state index contributed by atoms with van der Waals surface area (Å²) in [5.74, 6) is -0.254. The van der Waals surface area contributed by atoms with E-state index in [0.717, 1.165) is 6.21 Å². The molecule has 0 bridgehead atoms. The molecule has 0 aromatic heterocycles. The van der Waals surface area contributed by atoms with Crippen LogP contribution in [0.3, 0.4) is 0 Å². The Bertz CT molecular complexity index is 906. The zero-order valence-corrected chi connectivity index (χ0v) is 19.3. The highest BCUT2D eigenvalue weighted by molar-refractivity contribution is 9.09. The second kappa shape index (κ2) is 12.7. The molecule has 0 fully saturated rings. The number of carbonyl (C=O) groups excluding carboxylic acids is 2. The average molecular weight is 512 g/mol. The fourth-order valence-electron chi connectivity index (χ4n) is 2.52. The van der Waals surface area contributed by atoms with Gasteiger partial charge in [-0.05, 0) is 48.5 Å². The molecule has 10 heteroatoms. The zero-order valence-electron chi connectivity index (χ0n) is 17.7. The third kappa shape index (κ3) is 7.23. The first-order valence-corrected chi connectivity index (χ1v) is 10.3. The molecule has 3 unspecified atom stereocenters. The number of oxime groups is 1. The second-order valence-corrected chi connectivity index (χ2v) is 7.50. The largest absolute Gasteiger partial charge is 0.497 e. The van der Waals surface area contributed by atoms with E-state index in [2.05, 4.69) is 25.9 Å². The van der Waals surface area contributed by atoms with Crippen LogP contribution in [0.25, 0.3) is 0 Å². The number of alkyl halides is 2. The lowest BCUT2D eigenvalue weighted by Gasteiger charge is -2.24. The van der Waals surface area contributed by atoms with Gasteiger partial charge in [-0.3, -0.25) is 0 Å². The van der Waals surface area contributed by atoms with Crippen molar-refractivity contribution >= 4 is 34.1 Å². The van der Waals surface area contributed by atoms with E-state index < -0.39 is 29.0 Å². The van der Waals surface area contributed by atoms with Gasteiger partial charge < -0.3 is 23.8 Å². The monoisotopic (exact) mass is 511 g/mol. The van der Waals surface area contributed by atoms with Gasteiger partial charge in [0.15, 0.2) is 12.3 Å². The Kier molecular flexibility index (Phi) is 9.93. The number of rotatable bonds is 11. The van der Waals surface area contributed by atoms with Crippen LogP contribution >= 0.6 is 15.9 Å². The van der Waals surface area contributed by atoms with Crippen molar-refractivity contribution in [2.45, 2.75) is 17.1 Å². The lowest BCUT2D eigenvalue weighted by Crippen LogP contribution is -2.39. The van der Waals surface area contributed by atoms with Crippen LogP contribution < -0.4 is 9.47 Å². The van der Waals surface area contributed by atoms with E-state index in [4.69, 9.17) is 18.9 Å². The molecule has 2 aromatic carbocycles. The summed E-state index contributed by atoms with van der Waals surface area (Å²) in [5.41, 5.74) is 0.483. The molecule has 0 amide bonds. The van der Waals surface area contributed by atoms with Crippen LogP contribution in [0.4, 0.5) is 4.39 Å². The Morgan fingerprint density at radius 3 is 1.91 bits per heavy atom. The number of benzene rings is 2. The predicted octanol–water partition coefficient (Wildman–Crippen LogP) is 3.82. The van der Waals surface area contributed by atoms with Crippen LogP contribution in [-0.2, 0) is 14.3 Å². The molecule has 0 aliphatic heterocycles. The van der Waals surface area contributed by atoms with Crippen molar-refractivity contribution in [1.29, 1.82) is 0 Å². The lowest BCUT2D eigenvalue weighted by atomic mass is 10.1. The van der Waals surface area contributed by atoms with Crippen molar-refractivity contribution in [3.05, 3.63) is 59.7 Å². The Morgan fingerprint density at radius 2 is 1.44 bits per heavy atom. The minimum atomic E-state index is -1.83. The van der Waals surface area contributed by atoms with E-state index in [0.29, 0.717) is 11.5 Å². The molecule has 0 aliphatic carbocycles. The van der Waals surface area contributed by atoms with Crippen molar-refractivity contribution in [1.82, 2.24) is 0 Å². The molecule has 0 spiro atoms. The Labute approximate surface area is 193 Å². The van der Waals surface area contributed by atoms with Gasteiger partial charge in [-0.1, -0.05) is 21.1 Å². The number of hydrogen-bond donors (Lipinski definition) is 0. The van der Waals surface area contributed by atoms with Gasteiger partial charge in [0.2, 0.25) is 0 Å². The number of ether oxygens (including phenoxy) is 4. The highest BCUT2D eigenvalue weighted by Crippen LogP contribution is 2.20. The maximum atomic E-state index is 14.7. The first-order valence-electron chi connectivity index (χ1n) is 9.40. The summed E-state index contributed by atoms with van der Waals surface area (Å²) >= 11 is 3.25. The predicted molar refractivity (Wildman–Crippen MR) is 119 cm³/mol. The lowest BCUT2D eigenvalue weighted by molar-refractivity contribution is 0.00846. The fraction of sp³-hybridized carbons (Fsp3) is 0.318. The van der Waals surface area contributed by atoms with Crippen LogP contribution in [-0.4, -0.2) is 63.2 Å². The number of halogens is 2. The van der Waals surface area contributed by atoms with E-state index in [1.165, 1.54) is 45.6 Å². The summed E-state index contributed by atoms with van der Waals surface area (Å²) in [6.45, 7) is -0.271. The fourth-order valence-corrected chi connectivity index (χ4v) is 3.05. The van der Waals surface area contributed by atoms with Gasteiger partial charge in [-0.2, -0.15) is 0 Å². The molecule has 0 saturated heterocycles. The molecule has 32 heavy (non-hydrogen) atoms. The van der Waals surface area contributed by atoms with Crippen molar-refractivity contribution < 1.29 is 37.8 Å². The van der Waals surface area contributed by atoms with Crippen LogP contribution in [0, 0.1) is 0 Å². The molecular weight excluding hydrogens is 489 g/mol. The highest BCUT2D eigenvalue weighted by Gasteiger charge is 2.33. The highest BCUT2D eigenvalue weighted by atomic mass is 79.9. The standard InChI is InChI=1S/C22H23BrFNO7/c1-28-16-8-4-14(5-9-16)21(26)31-13-18(23)20(19(24)12-25-30-3)32-22(27)15-6-10-17(29-2)11-7-15/h4-12,18-20H,13H2,1-3H3. The molecule has 8 nitrogen and oxygen atoms in total. The third-order valence-electron chi connectivity index (χ3n) is 4.25. The molecule has 0 heterocycles. The van der Waals surface area contributed by atoms with Crippen molar-refractivity contribution in [3.63, 3.8) is 0 Å². The molecule has 0 radical (unpaired) electrons. The number of esters is 2. The third-order valence-corrected chi connectivity index (χ3v) is 5.03. The maximum Gasteiger partial charge on any atom is 0.338 e. The maximum absolute atomic E-state index is 14.7. The zero-order chi connectivity index (χ0) is 23.5. The van der Waals surface area contributed by atoms with E-state index in [1.54, 1.807) is 24.3 Å². The van der Waals surface area contributed by atoms with Crippen molar-refractivity contribution in [3.8, 4) is 11.5 Å². The van der Waals surface area contributed by atoms with E-state index in [1.807, 2.05) is 0 Å². The molecule has 0 N–H and O–H groups in total. The number of nitrogens with zero attached hydrogens (tertiary/aromatic N) is 1. The van der Waals surface area contributed by atoms with Gasteiger partial charge in [-0.15, -0.1) is 0 Å². The molecule has 0 aliphatic rings. The summed E-state index contributed by atoms with van der Waals surface area (Å²) in [6, 6.07) is 12.4. The number of carbonyl (C=O) groups is 2. The molecule has 3 atom stereocenters. The second-order valence-electron chi connectivity index (χ2n) is 6.32. The van der Waals surface area contributed by atoms with Gasteiger partial charge in [0.25, 0.3) is 0 Å². The quantitative estimate of drug-likeness (QED) is 0.196. The van der Waals surface area contributed by atoms with Crippen LogP contribution in [0.5, 0.6) is 11.5 Å². The SMILES string of the molecule is CON=CC(F)C(OC(=O)c1ccc(OC)cc1)C(Br)COC(=O)c1ccc(OC)cc1. The molecule has 2 rings (SSSR count). The minimum Gasteiger partial charge on any atom is -0.497 e. The van der Waals surface area contributed by atoms with Gasteiger partial charge >= 0.3 is 11.9 Å².